The molecule has 5 rings (SSSR count). The van der Waals surface area contributed by atoms with Gasteiger partial charge in [-0.3, -0.25) is 4.79 Å². The highest BCUT2D eigenvalue weighted by Crippen LogP contribution is 2.35. The van der Waals surface area contributed by atoms with Crippen LogP contribution in [0.4, 0.5) is 5.13 Å². The van der Waals surface area contributed by atoms with Gasteiger partial charge in [0.2, 0.25) is 5.13 Å². The van der Waals surface area contributed by atoms with Gasteiger partial charge in [0.15, 0.2) is 10.1 Å². The number of fused-ring (bicyclic) bond motifs is 1. The van der Waals surface area contributed by atoms with Crippen molar-refractivity contribution < 1.29 is 13.6 Å². The van der Waals surface area contributed by atoms with Gasteiger partial charge >= 0.3 is 0 Å². The van der Waals surface area contributed by atoms with E-state index in [0.29, 0.717) is 23.1 Å². The zero-order valence-corrected chi connectivity index (χ0v) is 17.6. The monoisotopic (exact) mass is 439 g/mol. The van der Waals surface area contributed by atoms with E-state index in [0.717, 1.165) is 21.0 Å². The molecule has 1 aliphatic heterocycles. The topological polar surface area (TPSA) is 96.8 Å². The zero-order chi connectivity index (χ0) is 20.5. The number of thioether (sulfide) groups is 1. The molecule has 4 aromatic rings. The van der Waals surface area contributed by atoms with Gasteiger partial charge in [0.25, 0.3) is 5.91 Å². The number of anilines is 1. The van der Waals surface area contributed by atoms with Crippen LogP contribution in [0, 0.1) is 0 Å². The number of para-hydroxylation sites is 1. The maximum atomic E-state index is 13.0. The SMILES string of the molecule is CNc1nnc(SCC(=O)N2N=C(c3cc4ccccc4o3)C[C@@H]2c2ccco2)s1. The molecule has 1 aromatic carbocycles. The van der Waals surface area contributed by atoms with Crippen LogP contribution in [-0.2, 0) is 4.79 Å². The molecule has 0 unspecified atom stereocenters. The number of aromatic nitrogens is 2. The minimum atomic E-state index is -0.307. The molecule has 1 N–H and O–H groups in total. The average Bonchev–Trinajstić information content (AvgIpc) is 3.55. The Morgan fingerprint density at radius 2 is 2.20 bits per heavy atom. The first-order chi connectivity index (χ1) is 14.7. The summed E-state index contributed by atoms with van der Waals surface area (Å²) in [5, 5.41) is 18.8. The van der Waals surface area contributed by atoms with Crippen LogP contribution in [0.3, 0.4) is 0 Å². The van der Waals surface area contributed by atoms with E-state index in [-0.39, 0.29) is 17.7 Å². The smallest absolute Gasteiger partial charge is 0.253 e. The number of nitrogens with one attached hydrogen (secondary N) is 1. The Balaban J connectivity index is 1.39. The van der Waals surface area contributed by atoms with E-state index < -0.39 is 0 Å². The van der Waals surface area contributed by atoms with E-state index in [1.807, 2.05) is 42.5 Å². The summed E-state index contributed by atoms with van der Waals surface area (Å²) in [6, 6.07) is 13.1. The molecule has 4 heterocycles. The van der Waals surface area contributed by atoms with Crippen molar-refractivity contribution >= 4 is 50.8 Å². The first kappa shape index (κ1) is 18.9. The van der Waals surface area contributed by atoms with Gasteiger partial charge in [-0.05, 0) is 24.3 Å². The maximum Gasteiger partial charge on any atom is 0.253 e. The molecule has 152 valence electrons. The molecule has 0 saturated heterocycles. The largest absolute Gasteiger partial charge is 0.467 e. The number of carbonyl (C=O) groups excluding carboxylic acids is 1. The van der Waals surface area contributed by atoms with E-state index in [1.54, 1.807) is 13.3 Å². The molecule has 0 saturated carbocycles. The summed E-state index contributed by atoms with van der Waals surface area (Å²) in [4.78, 5) is 13.0. The Bertz CT molecular complexity index is 1180. The van der Waals surface area contributed by atoms with Crippen LogP contribution in [0.1, 0.15) is 24.0 Å². The van der Waals surface area contributed by atoms with Crippen molar-refractivity contribution in [2.75, 3.05) is 18.1 Å². The van der Waals surface area contributed by atoms with Crippen LogP contribution < -0.4 is 5.32 Å². The molecule has 0 bridgehead atoms. The molecule has 1 aliphatic rings. The lowest BCUT2D eigenvalue weighted by molar-refractivity contribution is -0.130. The third-order valence-electron chi connectivity index (χ3n) is 4.69. The fraction of sp³-hybridized carbons (Fsp3) is 0.200. The Kier molecular flexibility index (Phi) is 5.01. The Morgan fingerprint density at radius 1 is 1.30 bits per heavy atom. The van der Waals surface area contributed by atoms with Crippen LogP contribution >= 0.6 is 23.1 Å². The molecule has 3 aromatic heterocycles. The fourth-order valence-corrected chi connectivity index (χ4v) is 4.83. The van der Waals surface area contributed by atoms with Crippen LogP contribution in [0.15, 0.2) is 67.0 Å². The molecule has 10 heteroatoms. The van der Waals surface area contributed by atoms with Crippen molar-refractivity contribution in [1.29, 1.82) is 0 Å². The molecule has 0 radical (unpaired) electrons. The summed E-state index contributed by atoms with van der Waals surface area (Å²) in [5.41, 5.74) is 1.51. The van der Waals surface area contributed by atoms with Gasteiger partial charge < -0.3 is 14.2 Å². The third kappa shape index (κ3) is 3.59. The van der Waals surface area contributed by atoms with Gasteiger partial charge in [-0.25, -0.2) is 5.01 Å². The van der Waals surface area contributed by atoms with E-state index >= 15 is 0 Å². The fourth-order valence-electron chi connectivity index (χ4n) is 3.27. The number of hydrazone groups is 1. The molecule has 0 fully saturated rings. The zero-order valence-electron chi connectivity index (χ0n) is 15.9. The standard InChI is InChI=1S/C20H17N5O3S2/c1-21-19-22-23-20(30-19)29-11-18(26)25-14(16-7-4-8-27-16)10-13(24-25)17-9-12-5-2-3-6-15(12)28-17/h2-9,14H,10-11H2,1H3,(H,21,22)/t14-/m1/s1. The summed E-state index contributed by atoms with van der Waals surface area (Å²) in [6.07, 6.45) is 2.12. The number of hydrogen-bond acceptors (Lipinski definition) is 9. The second-order valence-corrected chi connectivity index (χ2v) is 8.78. The Labute approximate surface area is 180 Å². The van der Waals surface area contributed by atoms with Crippen LogP contribution in [-0.4, -0.2) is 39.6 Å². The summed E-state index contributed by atoms with van der Waals surface area (Å²) in [7, 11) is 1.78. The van der Waals surface area contributed by atoms with Crippen molar-refractivity contribution in [2.45, 2.75) is 16.8 Å². The minimum absolute atomic E-state index is 0.131. The molecular weight excluding hydrogens is 422 g/mol. The van der Waals surface area contributed by atoms with Crippen molar-refractivity contribution in [3.8, 4) is 0 Å². The lowest BCUT2D eigenvalue weighted by Crippen LogP contribution is -2.28. The number of nitrogens with zero attached hydrogens (tertiary/aromatic N) is 4. The van der Waals surface area contributed by atoms with Gasteiger partial charge in [0.1, 0.15) is 23.1 Å². The highest BCUT2D eigenvalue weighted by Gasteiger charge is 2.36. The summed E-state index contributed by atoms with van der Waals surface area (Å²) in [5.74, 6) is 1.43. The number of rotatable bonds is 6. The van der Waals surface area contributed by atoms with Crippen molar-refractivity contribution in [3.05, 3.63) is 60.2 Å². The summed E-state index contributed by atoms with van der Waals surface area (Å²) < 4.78 is 12.3. The van der Waals surface area contributed by atoms with Crippen LogP contribution in [0.5, 0.6) is 0 Å². The summed E-state index contributed by atoms with van der Waals surface area (Å²) in [6.45, 7) is 0. The number of benzene rings is 1. The van der Waals surface area contributed by atoms with E-state index in [4.69, 9.17) is 8.83 Å². The first-order valence-electron chi connectivity index (χ1n) is 9.27. The highest BCUT2D eigenvalue weighted by atomic mass is 32.2. The molecule has 1 amide bonds. The normalized spacial score (nSPS) is 16.2. The molecule has 0 spiro atoms. The van der Waals surface area contributed by atoms with Gasteiger partial charge in [-0.2, -0.15) is 5.10 Å². The molecule has 30 heavy (non-hydrogen) atoms. The molecule has 0 aliphatic carbocycles. The third-order valence-corrected chi connectivity index (χ3v) is 6.75. The molecule has 1 atom stereocenters. The molecule has 8 nitrogen and oxygen atoms in total. The Morgan fingerprint density at radius 3 is 2.97 bits per heavy atom. The van der Waals surface area contributed by atoms with Crippen LogP contribution in [0.25, 0.3) is 11.0 Å². The van der Waals surface area contributed by atoms with Gasteiger partial charge in [0.05, 0.1) is 12.0 Å². The number of carbonyl (C=O) groups is 1. The number of furan rings is 2. The van der Waals surface area contributed by atoms with Crippen molar-refractivity contribution in [1.82, 2.24) is 15.2 Å². The molecular formula is C20H17N5O3S2. The van der Waals surface area contributed by atoms with E-state index in [1.165, 1.54) is 28.1 Å². The predicted octanol–water partition coefficient (Wildman–Crippen LogP) is 4.39. The van der Waals surface area contributed by atoms with Crippen molar-refractivity contribution in [2.24, 2.45) is 5.10 Å². The lowest BCUT2D eigenvalue weighted by Gasteiger charge is -2.19. The average molecular weight is 440 g/mol. The van der Waals surface area contributed by atoms with Gasteiger partial charge in [-0.1, -0.05) is 41.3 Å². The second kappa shape index (κ2) is 7.96. The quantitative estimate of drug-likeness (QED) is 0.445. The minimum Gasteiger partial charge on any atom is -0.467 e. The van der Waals surface area contributed by atoms with Crippen LogP contribution in [0.2, 0.25) is 0 Å². The van der Waals surface area contributed by atoms with Crippen molar-refractivity contribution in [3.63, 3.8) is 0 Å². The van der Waals surface area contributed by atoms with E-state index in [9.17, 15) is 4.79 Å². The predicted molar refractivity (Wildman–Crippen MR) is 116 cm³/mol. The van der Waals surface area contributed by atoms with E-state index in [2.05, 4.69) is 20.6 Å². The number of amides is 1. The lowest BCUT2D eigenvalue weighted by atomic mass is 10.1. The van der Waals surface area contributed by atoms with Gasteiger partial charge in [0, 0.05) is 18.9 Å². The Hall–Kier alpha value is -3.11. The first-order valence-corrected chi connectivity index (χ1v) is 11.1. The second-order valence-electron chi connectivity index (χ2n) is 6.58. The summed E-state index contributed by atoms with van der Waals surface area (Å²) >= 11 is 2.75. The highest BCUT2D eigenvalue weighted by molar-refractivity contribution is 8.01. The van der Waals surface area contributed by atoms with Gasteiger partial charge in [-0.15, -0.1) is 10.2 Å². The maximum absolute atomic E-state index is 13.0. The number of hydrogen-bond donors (Lipinski definition) is 1.